The standard InChI is InChI=1S/C14H27N3O/c1-3-14(16,12-15)8-6-9-17(2)11-13-7-4-5-10-18-13/h13H,3-11,16H2,1-2H3. The molecule has 1 saturated heterocycles. The summed E-state index contributed by atoms with van der Waals surface area (Å²) >= 11 is 0. The minimum atomic E-state index is -0.637. The zero-order valence-corrected chi connectivity index (χ0v) is 11.8. The Morgan fingerprint density at radius 3 is 2.83 bits per heavy atom. The predicted octanol–water partition coefficient (Wildman–Crippen LogP) is 1.90. The second kappa shape index (κ2) is 7.73. The maximum atomic E-state index is 9.00. The van der Waals surface area contributed by atoms with Crippen molar-refractivity contribution in [1.82, 2.24) is 4.90 Å². The quantitative estimate of drug-likeness (QED) is 0.752. The van der Waals surface area contributed by atoms with Gasteiger partial charge in [-0.25, -0.2) is 0 Å². The van der Waals surface area contributed by atoms with Crippen molar-refractivity contribution in [2.24, 2.45) is 5.73 Å². The monoisotopic (exact) mass is 253 g/mol. The second-order valence-electron chi connectivity index (χ2n) is 5.48. The molecule has 0 aromatic heterocycles. The van der Waals surface area contributed by atoms with Crippen molar-refractivity contribution < 1.29 is 4.74 Å². The fraction of sp³-hybridized carbons (Fsp3) is 0.929. The Labute approximate surface area is 111 Å². The summed E-state index contributed by atoms with van der Waals surface area (Å²) in [5.74, 6) is 0. The summed E-state index contributed by atoms with van der Waals surface area (Å²) < 4.78 is 5.72. The van der Waals surface area contributed by atoms with Crippen LogP contribution in [0.3, 0.4) is 0 Å². The Hall–Kier alpha value is -0.630. The van der Waals surface area contributed by atoms with Crippen molar-refractivity contribution in [2.75, 3.05) is 26.7 Å². The lowest BCUT2D eigenvalue weighted by Gasteiger charge is -2.28. The number of nitrogens with two attached hydrogens (primary N) is 1. The molecule has 4 heteroatoms. The van der Waals surface area contributed by atoms with Gasteiger partial charge in [-0.3, -0.25) is 0 Å². The molecule has 2 atom stereocenters. The van der Waals surface area contributed by atoms with E-state index in [0.29, 0.717) is 6.10 Å². The summed E-state index contributed by atoms with van der Waals surface area (Å²) in [6.45, 7) is 4.87. The number of ether oxygens (including phenoxy) is 1. The highest BCUT2D eigenvalue weighted by atomic mass is 16.5. The van der Waals surface area contributed by atoms with Crippen LogP contribution in [0.15, 0.2) is 0 Å². The smallest absolute Gasteiger partial charge is 0.104 e. The maximum Gasteiger partial charge on any atom is 0.104 e. The summed E-state index contributed by atoms with van der Waals surface area (Å²) in [7, 11) is 2.12. The van der Waals surface area contributed by atoms with Crippen LogP contribution in [0.25, 0.3) is 0 Å². The van der Waals surface area contributed by atoms with E-state index in [1.807, 2.05) is 6.92 Å². The molecule has 2 N–H and O–H groups in total. The molecule has 0 radical (unpaired) electrons. The fourth-order valence-electron chi connectivity index (χ4n) is 2.37. The molecule has 1 aliphatic rings. The van der Waals surface area contributed by atoms with Crippen LogP contribution in [0.5, 0.6) is 0 Å². The first-order valence-electron chi connectivity index (χ1n) is 7.10. The maximum absolute atomic E-state index is 9.00. The Bertz CT molecular complexity index is 271. The van der Waals surface area contributed by atoms with E-state index in [-0.39, 0.29) is 0 Å². The lowest BCUT2D eigenvalue weighted by Crippen LogP contribution is -2.39. The van der Waals surface area contributed by atoms with E-state index in [1.165, 1.54) is 19.3 Å². The van der Waals surface area contributed by atoms with Crippen LogP contribution in [0.4, 0.5) is 0 Å². The summed E-state index contributed by atoms with van der Waals surface area (Å²) in [4.78, 5) is 2.30. The largest absolute Gasteiger partial charge is 0.377 e. The first kappa shape index (κ1) is 15.4. The van der Waals surface area contributed by atoms with E-state index in [0.717, 1.165) is 39.0 Å². The molecule has 0 saturated carbocycles. The minimum Gasteiger partial charge on any atom is -0.377 e. The molecule has 18 heavy (non-hydrogen) atoms. The second-order valence-corrected chi connectivity index (χ2v) is 5.48. The van der Waals surface area contributed by atoms with Crippen molar-refractivity contribution in [1.29, 1.82) is 5.26 Å². The highest BCUT2D eigenvalue weighted by molar-refractivity contribution is 5.03. The van der Waals surface area contributed by atoms with Gasteiger partial charge in [-0.15, -0.1) is 0 Å². The van der Waals surface area contributed by atoms with Gasteiger partial charge in [-0.1, -0.05) is 6.92 Å². The molecule has 0 amide bonds. The molecule has 0 aromatic carbocycles. The van der Waals surface area contributed by atoms with Gasteiger partial charge >= 0.3 is 0 Å². The van der Waals surface area contributed by atoms with E-state index in [1.54, 1.807) is 0 Å². The van der Waals surface area contributed by atoms with Gasteiger partial charge in [0.25, 0.3) is 0 Å². The number of hydrogen-bond acceptors (Lipinski definition) is 4. The summed E-state index contributed by atoms with van der Waals surface area (Å²) in [6.07, 6.45) is 6.53. The molecule has 1 heterocycles. The third-order valence-corrected chi connectivity index (χ3v) is 3.81. The van der Waals surface area contributed by atoms with Crippen LogP contribution in [0, 0.1) is 11.3 Å². The molecule has 1 rings (SSSR count). The lowest BCUT2D eigenvalue weighted by atomic mass is 9.93. The van der Waals surface area contributed by atoms with Crippen LogP contribution in [0.1, 0.15) is 45.4 Å². The molecular weight excluding hydrogens is 226 g/mol. The fourth-order valence-corrected chi connectivity index (χ4v) is 2.37. The van der Waals surface area contributed by atoms with Crippen LogP contribution in [-0.2, 0) is 4.74 Å². The van der Waals surface area contributed by atoms with Crippen LogP contribution in [-0.4, -0.2) is 43.3 Å². The van der Waals surface area contributed by atoms with Crippen molar-refractivity contribution in [3.63, 3.8) is 0 Å². The van der Waals surface area contributed by atoms with E-state index < -0.39 is 5.54 Å². The van der Waals surface area contributed by atoms with Gasteiger partial charge in [0, 0.05) is 13.2 Å². The zero-order chi connectivity index (χ0) is 13.4. The Balaban J connectivity index is 2.16. The van der Waals surface area contributed by atoms with Crippen LogP contribution in [0.2, 0.25) is 0 Å². The summed E-state index contributed by atoms with van der Waals surface area (Å²) in [5.41, 5.74) is 5.33. The van der Waals surface area contributed by atoms with Gasteiger partial charge in [0.15, 0.2) is 0 Å². The molecule has 0 bridgehead atoms. The molecule has 0 aliphatic carbocycles. The Kier molecular flexibility index (Phi) is 6.62. The average Bonchev–Trinajstić information content (AvgIpc) is 2.39. The number of nitrogens with zero attached hydrogens (tertiary/aromatic N) is 2. The first-order valence-corrected chi connectivity index (χ1v) is 7.10. The lowest BCUT2D eigenvalue weighted by molar-refractivity contribution is -0.00170. The Morgan fingerprint density at radius 1 is 1.50 bits per heavy atom. The van der Waals surface area contributed by atoms with Crippen molar-refractivity contribution in [3.8, 4) is 6.07 Å². The van der Waals surface area contributed by atoms with E-state index in [9.17, 15) is 0 Å². The first-order chi connectivity index (χ1) is 8.59. The van der Waals surface area contributed by atoms with Gasteiger partial charge < -0.3 is 15.4 Å². The van der Waals surface area contributed by atoms with Gasteiger partial charge in [-0.05, 0) is 52.1 Å². The number of hydrogen-bond donors (Lipinski definition) is 1. The van der Waals surface area contributed by atoms with E-state index >= 15 is 0 Å². The molecular formula is C14H27N3O. The molecule has 2 unspecified atom stereocenters. The number of likely N-dealkylation sites (N-methyl/N-ethyl adjacent to an activating group) is 1. The van der Waals surface area contributed by atoms with Crippen molar-refractivity contribution in [2.45, 2.75) is 57.1 Å². The predicted molar refractivity (Wildman–Crippen MR) is 73.1 cm³/mol. The van der Waals surface area contributed by atoms with Crippen LogP contribution >= 0.6 is 0 Å². The highest BCUT2D eigenvalue weighted by Crippen LogP contribution is 2.15. The number of rotatable bonds is 7. The molecule has 1 aliphatic heterocycles. The van der Waals surface area contributed by atoms with E-state index in [2.05, 4.69) is 18.0 Å². The molecule has 0 spiro atoms. The molecule has 4 nitrogen and oxygen atoms in total. The van der Waals surface area contributed by atoms with Crippen LogP contribution < -0.4 is 5.73 Å². The highest BCUT2D eigenvalue weighted by Gasteiger charge is 2.22. The summed E-state index contributed by atoms with van der Waals surface area (Å²) in [5, 5.41) is 9.00. The van der Waals surface area contributed by atoms with Crippen molar-refractivity contribution in [3.05, 3.63) is 0 Å². The number of nitriles is 1. The third-order valence-electron chi connectivity index (χ3n) is 3.81. The average molecular weight is 253 g/mol. The third kappa shape index (κ3) is 5.34. The molecule has 1 fully saturated rings. The molecule has 104 valence electrons. The van der Waals surface area contributed by atoms with Gasteiger partial charge in [-0.2, -0.15) is 5.26 Å². The topological polar surface area (TPSA) is 62.3 Å². The Morgan fingerprint density at radius 2 is 2.28 bits per heavy atom. The van der Waals surface area contributed by atoms with Gasteiger partial charge in [0.1, 0.15) is 5.54 Å². The molecule has 0 aromatic rings. The van der Waals surface area contributed by atoms with Gasteiger partial charge in [0.05, 0.1) is 12.2 Å². The SMILES string of the molecule is CCC(N)(C#N)CCCN(C)CC1CCCCO1. The van der Waals surface area contributed by atoms with E-state index in [4.69, 9.17) is 15.7 Å². The van der Waals surface area contributed by atoms with Crippen molar-refractivity contribution >= 4 is 0 Å². The minimum absolute atomic E-state index is 0.397. The van der Waals surface area contributed by atoms with Gasteiger partial charge in [0.2, 0.25) is 0 Å². The normalized spacial score (nSPS) is 23.6. The summed E-state index contributed by atoms with van der Waals surface area (Å²) in [6, 6.07) is 2.22. The zero-order valence-electron chi connectivity index (χ0n) is 11.8.